The van der Waals surface area contributed by atoms with Crippen molar-refractivity contribution in [3.8, 4) is 0 Å². The average Bonchev–Trinajstić information content (AvgIpc) is 2.12. The standard InChI is InChI=1S/C11H15NO/c1-4-10(13)11-8(3)7(2)5-6-9(11)12/h4-6,10,13H,1,12H2,2-3H3. The number of nitrogens with two attached hydrogens (primary N) is 1. The minimum atomic E-state index is -0.667. The lowest BCUT2D eigenvalue weighted by molar-refractivity contribution is 0.229. The van der Waals surface area contributed by atoms with Crippen LogP contribution in [0.5, 0.6) is 0 Å². The molecular formula is C11H15NO. The minimum absolute atomic E-state index is 0.621. The van der Waals surface area contributed by atoms with Crippen LogP contribution in [0.25, 0.3) is 0 Å². The van der Waals surface area contributed by atoms with Gasteiger partial charge >= 0.3 is 0 Å². The van der Waals surface area contributed by atoms with Gasteiger partial charge in [0, 0.05) is 11.3 Å². The Balaban J connectivity index is 3.32. The molecule has 1 rings (SSSR count). The van der Waals surface area contributed by atoms with Gasteiger partial charge in [-0.05, 0) is 31.0 Å². The first-order valence-corrected chi connectivity index (χ1v) is 4.24. The maximum atomic E-state index is 9.62. The highest BCUT2D eigenvalue weighted by Crippen LogP contribution is 2.26. The van der Waals surface area contributed by atoms with Crippen molar-refractivity contribution in [1.29, 1.82) is 0 Å². The Bertz CT molecular complexity index is 331. The first kappa shape index (κ1) is 9.81. The molecule has 0 aliphatic carbocycles. The van der Waals surface area contributed by atoms with Crippen LogP contribution in [0.1, 0.15) is 22.8 Å². The Hall–Kier alpha value is -1.28. The molecule has 2 heteroatoms. The number of benzene rings is 1. The quantitative estimate of drug-likeness (QED) is 0.537. The van der Waals surface area contributed by atoms with E-state index in [4.69, 9.17) is 5.73 Å². The molecule has 0 fully saturated rings. The second-order valence-electron chi connectivity index (χ2n) is 3.19. The predicted octanol–water partition coefficient (Wildman–Crippen LogP) is 2.11. The lowest BCUT2D eigenvalue weighted by Gasteiger charge is -2.14. The van der Waals surface area contributed by atoms with Crippen molar-refractivity contribution in [2.24, 2.45) is 0 Å². The fraction of sp³-hybridized carbons (Fsp3) is 0.273. The van der Waals surface area contributed by atoms with Crippen molar-refractivity contribution in [1.82, 2.24) is 0 Å². The molecule has 0 bridgehead atoms. The van der Waals surface area contributed by atoms with Crippen molar-refractivity contribution < 1.29 is 5.11 Å². The van der Waals surface area contributed by atoms with Gasteiger partial charge in [-0.3, -0.25) is 0 Å². The fourth-order valence-electron chi connectivity index (χ4n) is 1.37. The van der Waals surface area contributed by atoms with E-state index in [9.17, 15) is 5.11 Å². The van der Waals surface area contributed by atoms with Gasteiger partial charge in [-0.2, -0.15) is 0 Å². The van der Waals surface area contributed by atoms with Gasteiger partial charge in [0.25, 0.3) is 0 Å². The fourth-order valence-corrected chi connectivity index (χ4v) is 1.37. The summed E-state index contributed by atoms with van der Waals surface area (Å²) in [6, 6.07) is 3.76. The van der Waals surface area contributed by atoms with Crippen molar-refractivity contribution in [2.75, 3.05) is 5.73 Å². The van der Waals surface area contributed by atoms with Gasteiger partial charge in [0.2, 0.25) is 0 Å². The summed E-state index contributed by atoms with van der Waals surface area (Å²) in [5.41, 5.74) is 9.32. The third-order valence-corrected chi connectivity index (χ3v) is 2.34. The average molecular weight is 177 g/mol. The molecule has 0 spiro atoms. The SMILES string of the molecule is C=CC(O)c1c(N)ccc(C)c1C. The van der Waals surface area contributed by atoms with E-state index in [-0.39, 0.29) is 0 Å². The van der Waals surface area contributed by atoms with Crippen LogP contribution in [0, 0.1) is 13.8 Å². The molecular weight excluding hydrogens is 162 g/mol. The Morgan fingerprint density at radius 2 is 2.08 bits per heavy atom. The highest BCUT2D eigenvalue weighted by Gasteiger charge is 2.11. The van der Waals surface area contributed by atoms with E-state index in [2.05, 4.69) is 6.58 Å². The van der Waals surface area contributed by atoms with E-state index < -0.39 is 6.10 Å². The largest absolute Gasteiger partial charge is 0.398 e. The predicted molar refractivity (Wildman–Crippen MR) is 55.5 cm³/mol. The second-order valence-corrected chi connectivity index (χ2v) is 3.19. The van der Waals surface area contributed by atoms with Gasteiger partial charge in [-0.1, -0.05) is 12.1 Å². The molecule has 0 saturated carbocycles. The maximum absolute atomic E-state index is 9.62. The van der Waals surface area contributed by atoms with Crippen LogP contribution in [-0.4, -0.2) is 5.11 Å². The van der Waals surface area contributed by atoms with Crippen LogP contribution in [0.4, 0.5) is 5.69 Å². The second kappa shape index (κ2) is 3.62. The smallest absolute Gasteiger partial charge is 0.0991 e. The first-order chi connectivity index (χ1) is 6.07. The van der Waals surface area contributed by atoms with Crippen LogP contribution in [0.15, 0.2) is 24.8 Å². The maximum Gasteiger partial charge on any atom is 0.0991 e. The molecule has 1 atom stereocenters. The molecule has 0 heterocycles. The summed E-state index contributed by atoms with van der Waals surface area (Å²) in [6.45, 7) is 7.49. The van der Waals surface area contributed by atoms with Gasteiger partial charge in [-0.25, -0.2) is 0 Å². The molecule has 70 valence electrons. The molecule has 13 heavy (non-hydrogen) atoms. The molecule has 2 nitrogen and oxygen atoms in total. The van der Waals surface area contributed by atoms with E-state index in [1.807, 2.05) is 26.0 Å². The van der Waals surface area contributed by atoms with Crippen molar-refractivity contribution in [2.45, 2.75) is 20.0 Å². The summed E-state index contributed by atoms with van der Waals surface area (Å²) in [4.78, 5) is 0. The summed E-state index contributed by atoms with van der Waals surface area (Å²) in [5.74, 6) is 0. The Morgan fingerprint density at radius 1 is 1.46 bits per heavy atom. The van der Waals surface area contributed by atoms with Crippen molar-refractivity contribution in [3.63, 3.8) is 0 Å². The molecule has 0 amide bonds. The number of aliphatic hydroxyl groups excluding tert-OH is 1. The van der Waals surface area contributed by atoms with E-state index >= 15 is 0 Å². The van der Waals surface area contributed by atoms with Crippen LogP contribution >= 0.6 is 0 Å². The first-order valence-electron chi connectivity index (χ1n) is 4.24. The van der Waals surface area contributed by atoms with Gasteiger partial charge < -0.3 is 10.8 Å². The van der Waals surface area contributed by atoms with Crippen LogP contribution < -0.4 is 5.73 Å². The molecule has 1 aromatic carbocycles. The topological polar surface area (TPSA) is 46.2 Å². The van der Waals surface area contributed by atoms with E-state index in [1.54, 1.807) is 0 Å². The number of nitrogen functional groups attached to an aromatic ring is 1. The van der Waals surface area contributed by atoms with Crippen LogP contribution in [0.3, 0.4) is 0 Å². The summed E-state index contributed by atoms with van der Waals surface area (Å²) in [7, 11) is 0. The molecule has 0 aliphatic heterocycles. The third kappa shape index (κ3) is 1.73. The van der Waals surface area contributed by atoms with E-state index in [1.165, 1.54) is 6.08 Å². The highest BCUT2D eigenvalue weighted by molar-refractivity contribution is 5.55. The number of rotatable bonds is 2. The van der Waals surface area contributed by atoms with Gasteiger partial charge in [0.1, 0.15) is 0 Å². The summed E-state index contributed by atoms with van der Waals surface area (Å²) < 4.78 is 0. The minimum Gasteiger partial charge on any atom is -0.398 e. The Kier molecular flexibility index (Phi) is 2.73. The number of anilines is 1. The number of aliphatic hydroxyl groups is 1. The summed E-state index contributed by atoms with van der Waals surface area (Å²) in [5, 5.41) is 9.62. The summed E-state index contributed by atoms with van der Waals surface area (Å²) >= 11 is 0. The van der Waals surface area contributed by atoms with Crippen LogP contribution in [-0.2, 0) is 0 Å². The van der Waals surface area contributed by atoms with E-state index in [0.29, 0.717) is 5.69 Å². The molecule has 0 radical (unpaired) electrons. The normalized spacial score (nSPS) is 12.5. The molecule has 1 aromatic rings. The van der Waals surface area contributed by atoms with Gasteiger partial charge in [-0.15, -0.1) is 6.58 Å². The monoisotopic (exact) mass is 177 g/mol. The number of hydrogen-bond acceptors (Lipinski definition) is 2. The van der Waals surface area contributed by atoms with Crippen molar-refractivity contribution in [3.05, 3.63) is 41.5 Å². The zero-order valence-electron chi connectivity index (χ0n) is 8.04. The molecule has 0 aliphatic rings. The zero-order valence-corrected chi connectivity index (χ0v) is 8.04. The van der Waals surface area contributed by atoms with Gasteiger partial charge in [0.05, 0.1) is 6.10 Å². The van der Waals surface area contributed by atoms with E-state index in [0.717, 1.165) is 16.7 Å². The molecule has 3 N–H and O–H groups in total. The Labute approximate surface area is 78.7 Å². The number of hydrogen-bond donors (Lipinski definition) is 2. The zero-order chi connectivity index (χ0) is 10.0. The Morgan fingerprint density at radius 3 is 2.62 bits per heavy atom. The number of aryl methyl sites for hydroxylation is 1. The third-order valence-electron chi connectivity index (χ3n) is 2.34. The highest BCUT2D eigenvalue weighted by atomic mass is 16.3. The lowest BCUT2D eigenvalue weighted by atomic mass is 9.97. The lowest BCUT2D eigenvalue weighted by Crippen LogP contribution is -2.03. The molecule has 0 aromatic heterocycles. The van der Waals surface area contributed by atoms with Gasteiger partial charge in [0.15, 0.2) is 0 Å². The molecule has 0 saturated heterocycles. The summed E-state index contributed by atoms with van der Waals surface area (Å²) in [6.07, 6.45) is 0.817. The molecule has 1 unspecified atom stereocenters. The van der Waals surface area contributed by atoms with Crippen molar-refractivity contribution >= 4 is 5.69 Å². The van der Waals surface area contributed by atoms with Crippen LogP contribution in [0.2, 0.25) is 0 Å².